The predicted molar refractivity (Wildman–Crippen MR) is 38.5 cm³/mol. The molecule has 0 aliphatic carbocycles. The quantitative estimate of drug-likeness (QED) is 0.327. The summed E-state index contributed by atoms with van der Waals surface area (Å²) in [6.07, 6.45) is -3.85. The summed E-state index contributed by atoms with van der Waals surface area (Å²) in [5, 5.41) is 27.0. The zero-order valence-electron chi connectivity index (χ0n) is 6.66. The largest absolute Gasteiger partial charge is 0.455 e. The second-order valence-electron chi connectivity index (χ2n) is 2.81. The van der Waals surface area contributed by atoms with Gasteiger partial charge in [-0.3, -0.25) is 0 Å². The van der Waals surface area contributed by atoms with Crippen molar-refractivity contribution in [2.75, 3.05) is 6.61 Å². The van der Waals surface area contributed by atoms with Crippen molar-refractivity contribution in [3.05, 3.63) is 0 Å². The van der Waals surface area contributed by atoms with Crippen LogP contribution in [-0.2, 0) is 14.3 Å². The number of carbonyl (C=O) groups excluding carboxylic acids is 2. The number of rotatable bonds is 2. The maximum absolute atomic E-state index is 10.8. The van der Waals surface area contributed by atoms with E-state index in [4.69, 9.17) is 10.2 Å². The molecule has 0 aromatic carbocycles. The Balaban J connectivity index is 2.80. The SMILES string of the molecule is O=C[C@H]1[C@H](O)[C@@H](CO)OC(=O)[C@H]1O. The third kappa shape index (κ3) is 1.69. The van der Waals surface area contributed by atoms with E-state index < -0.39 is 36.8 Å². The highest BCUT2D eigenvalue weighted by Crippen LogP contribution is 2.20. The van der Waals surface area contributed by atoms with Crippen LogP contribution in [0.2, 0.25) is 0 Å². The number of aliphatic hydroxyl groups is 3. The van der Waals surface area contributed by atoms with E-state index in [9.17, 15) is 14.7 Å². The lowest BCUT2D eigenvalue weighted by atomic mass is 9.91. The van der Waals surface area contributed by atoms with E-state index in [-0.39, 0.29) is 6.29 Å². The van der Waals surface area contributed by atoms with Gasteiger partial charge >= 0.3 is 5.97 Å². The van der Waals surface area contributed by atoms with Crippen LogP contribution in [0.25, 0.3) is 0 Å². The summed E-state index contributed by atoms with van der Waals surface area (Å²) in [5.74, 6) is -2.22. The molecule has 0 spiro atoms. The van der Waals surface area contributed by atoms with Crippen molar-refractivity contribution >= 4 is 12.3 Å². The summed E-state index contributed by atoms with van der Waals surface area (Å²) >= 11 is 0. The molecule has 6 heteroatoms. The van der Waals surface area contributed by atoms with Gasteiger partial charge in [-0.2, -0.15) is 0 Å². The molecule has 0 unspecified atom stereocenters. The summed E-state index contributed by atoms with van der Waals surface area (Å²) < 4.78 is 4.44. The molecular formula is C7H10O6. The summed E-state index contributed by atoms with van der Waals surface area (Å²) in [6.45, 7) is -0.579. The predicted octanol–water partition coefficient (Wildman–Crippen LogP) is -2.56. The molecule has 0 bridgehead atoms. The van der Waals surface area contributed by atoms with Crippen LogP contribution in [0.3, 0.4) is 0 Å². The van der Waals surface area contributed by atoms with E-state index in [1.165, 1.54) is 0 Å². The zero-order valence-corrected chi connectivity index (χ0v) is 6.66. The fourth-order valence-corrected chi connectivity index (χ4v) is 1.18. The van der Waals surface area contributed by atoms with E-state index in [1.807, 2.05) is 0 Å². The third-order valence-corrected chi connectivity index (χ3v) is 1.99. The van der Waals surface area contributed by atoms with Gasteiger partial charge in [-0.15, -0.1) is 0 Å². The molecule has 4 atom stereocenters. The third-order valence-electron chi connectivity index (χ3n) is 1.99. The Hall–Kier alpha value is -0.980. The molecule has 3 N–H and O–H groups in total. The molecule has 1 heterocycles. The van der Waals surface area contributed by atoms with Gasteiger partial charge < -0.3 is 24.9 Å². The first-order chi connectivity index (χ1) is 6.11. The van der Waals surface area contributed by atoms with Gasteiger partial charge in [0.1, 0.15) is 12.4 Å². The summed E-state index contributed by atoms with van der Waals surface area (Å²) in [5.41, 5.74) is 0. The van der Waals surface area contributed by atoms with Crippen LogP contribution in [0.1, 0.15) is 0 Å². The highest BCUT2D eigenvalue weighted by atomic mass is 16.6. The molecule has 0 aromatic heterocycles. The number of hydrogen-bond acceptors (Lipinski definition) is 6. The molecule has 13 heavy (non-hydrogen) atoms. The Morgan fingerprint density at radius 1 is 1.46 bits per heavy atom. The molecule has 0 saturated carbocycles. The molecule has 1 saturated heterocycles. The Morgan fingerprint density at radius 3 is 2.54 bits per heavy atom. The monoisotopic (exact) mass is 190 g/mol. The van der Waals surface area contributed by atoms with Gasteiger partial charge in [0.2, 0.25) is 0 Å². The molecule has 74 valence electrons. The Morgan fingerprint density at radius 2 is 2.08 bits per heavy atom. The van der Waals surface area contributed by atoms with Gasteiger partial charge in [-0.1, -0.05) is 0 Å². The lowest BCUT2D eigenvalue weighted by Gasteiger charge is -2.33. The summed E-state index contributed by atoms with van der Waals surface area (Å²) in [4.78, 5) is 21.2. The van der Waals surface area contributed by atoms with Gasteiger partial charge in [0.15, 0.2) is 12.2 Å². The molecule has 6 nitrogen and oxygen atoms in total. The standard InChI is InChI=1S/C7H10O6/c8-1-3-5(10)4(2-9)13-7(12)6(3)11/h1,3-6,9-11H,2H2/t3-,4+,5-,6-/m0/s1. The lowest BCUT2D eigenvalue weighted by molar-refractivity contribution is -0.194. The number of hydrogen-bond donors (Lipinski definition) is 3. The van der Waals surface area contributed by atoms with E-state index in [1.54, 1.807) is 0 Å². The zero-order chi connectivity index (χ0) is 10.0. The first-order valence-corrected chi connectivity index (χ1v) is 3.74. The second-order valence-corrected chi connectivity index (χ2v) is 2.81. The van der Waals surface area contributed by atoms with E-state index in [0.717, 1.165) is 0 Å². The van der Waals surface area contributed by atoms with Gasteiger partial charge in [0.05, 0.1) is 12.5 Å². The second kappa shape index (κ2) is 3.82. The Bertz CT molecular complexity index is 215. The van der Waals surface area contributed by atoms with Gasteiger partial charge in [-0.25, -0.2) is 4.79 Å². The fourth-order valence-electron chi connectivity index (χ4n) is 1.18. The van der Waals surface area contributed by atoms with Crippen LogP contribution in [0.15, 0.2) is 0 Å². The van der Waals surface area contributed by atoms with Crippen LogP contribution in [-0.4, -0.2) is 52.5 Å². The maximum Gasteiger partial charge on any atom is 0.336 e. The average molecular weight is 190 g/mol. The number of aldehydes is 1. The topological polar surface area (TPSA) is 104 Å². The van der Waals surface area contributed by atoms with Crippen LogP contribution < -0.4 is 0 Å². The highest BCUT2D eigenvalue weighted by molar-refractivity contribution is 5.80. The number of carbonyl (C=O) groups is 2. The van der Waals surface area contributed by atoms with Crippen molar-refractivity contribution in [2.24, 2.45) is 5.92 Å². The molecule has 0 amide bonds. The van der Waals surface area contributed by atoms with E-state index >= 15 is 0 Å². The highest BCUT2D eigenvalue weighted by Gasteiger charge is 2.44. The van der Waals surface area contributed by atoms with Crippen LogP contribution in [0, 0.1) is 5.92 Å². The first kappa shape index (κ1) is 10.1. The van der Waals surface area contributed by atoms with Crippen LogP contribution in [0.5, 0.6) is 0 Å². The lowest BCUT2D eigenvalue weighted by Crippen LogP contribution is -2.53. The van der Waals surface area contributed by atoms with Crippen molar-refractivity contribution in [2.45, 2.75) is 18.3 Å². The molecule has 1 fully saturated rings. The minimum Gasteiger partial charge on any atom is -0.455 e. The maximum atomic E-state index is 10.8. The first-order valence-electron chi connectivity index (χ1n) is 3.74. The van der Waals surface area contributed by atoms with Crippen molar-refractivity contribution in [3.8, 4) is 0 Å². The van der Waals surface area contributed by atoms with E-state index in [2.05, 4.69) is 4.74 Å². The van der Waals surface area contributed by atoms with Gasteiger partial charge in [-0.05, 0) is 0 Å². The molecule has 1 aliphatic rings. The van der Waals surface area contributed by atoms with Crippen molar-refractivity contribution in [1.29, 1.82) is 0 Å². The van der Waals surface area contributed by atoms with Crippen molar-refractivity contribution in [3.63, 3.8) is 0 Å². The van der Waals surface area contributed by atoms with Crippen LogP contribution in [0.4, 0.5) is 0 Å². The number of cyclic esters (lactones) is 1. The normalized spacial score (nSPS) is 39.8. The minimum atomic E-state index is -1.64. The van der Waals surface area contributed by atoms with Crippen LogP contribution >= 0.6 is 0 Å². The van der Waals surface area contributed by atoms with Crippen molar-refractivity contribution < 1.29 is 29.6 Å². The Kier molecular flexibility index (Phi) is 2.97. The molecular weight excluding hydrogens is 180 g/mol. The summed E-state index contributed by atoms with van der Waals surface area (Å²) in [7, 11) is 0. The number of aliphatic hydroxyl groups excluding tert-OH is 3. The summed E-state index contributed by atoms with van der Waals surface area (Å²) in [6, 6.07) is 0. The molecule has 0 aromatic rings. The van der Waals surface area contributed by atoms with Gasteiger partial charge in [0.25, 0.3) is 0 Å². The smallest absolute Gasteiger partial charge is 0.336 e. The fraction of sp³-hybridized carbons (Fsp3) is 0.714. The molecule has 0 radical (unpaired) electrons. The number of ether oxygens (including phenoxy) is 1. The molecule has 1 rings (SSSR count). The minimum absolute atomic E-state index is 0.276. The molecule has 1 aliphatic heterocycles. The average Bonchev–Trinajstić information content (AvgIpc) is 2.12. The van der Waals surface area contributed by atoms with Gasteiger partial charge in [0, 0.05) is 0 Å². The number of esters is 1. The van der Waals surface area contributed by atoms with E-state index in [0.29, 0.717) is 0 Å². The van der Waals surface area contributed by atoms with Crippen molar-refractivity contribution in [1.82, 2.24) is 0 Å². The Labute approximate surface area is 73.7 Å².